The normalized spacial score (nSPS) is 10.7. The quantitative estimate of drug-likeness (QED) is 0.598. The van der Waals surface area contributed by atoms with Crippen molar-refractivity contribution >= 4 is 22.5 Å². The van der Waals surface area contributed by atoms with E-state index in [2.05, 4.69) is 0 Å². The highest BCUT2D eigenvalue weighted by molar-refractivity contribution is 6.08. The summed E-state index contributed by atoms with van der Waals surface area (Å²) in [5, 5.41) is 0.960. The molecule has 0 saturated heterocycles. The van der Waals surface area contributed by atoms with Gasteiger partial charge in [0.25, 0.3) is 0 Å². The van der Waals surface area contributed by atoms with E-state index in [-0.39, 0.29) is 18.0 Å². The average molecular weight is 230 g/mol. The Kier molecular flexibility index (Phi) is 3.09. The van der Waals surface area contributed by atoms with Crippen LogP contribution in [-0.4, -0.2) is 11.6 Å². The number of carbonyl (C=O) groups excluding carboxylic acids is 2. The molecule has 0 saturated carbocycles. The number of rotatable bonds is 4. The smallest absolute Gasteiger partial charge is 0.205 e. The fourth-order valence-electron chi connectivity index (χ4n) is 1.98. The molecule has 3 nitrogen and oxygen atoms in total. The molecule has 0 atom stereocenters. The standard InChI is InChI=1S/C14H14O3/c1-3-10-11-6-4-5-7-13(11)17-14(10)12(16)8-9(2)15/h4-7H,3,8H2,1-2H3. The van der Waals surface area contributed by atoms with Gasteiger partial charge in [-0.2, -0.15) is 0 Å². The first-order valence-corrected chi connectivity index (χ1v) is 5.66. The monoisotopic (exact) mass is 230 g/mol. The molecule has 2 aromatic rings. The topological polar surface area (TPSA) is 47.3 Å². The Balaban J connectivity index is 2.53. The predicted molar refractivity (Wildman–Crippen MR) is 65.2 cm³/mol. The number of fused-ring (bicyclic) bond motifs is 1. The molecule has 3 heteroatoms. The molecule has 0 aliphatic rings. The SMILES string of the molecule is CCc1c(C(=O)CC(C)=O)oc2ccccc12. The van der Waals surface area contributed by atoms with E-state index in [4.69, 9.17) is 4.42 Å². The molecule has 0 spiro atoms. The van der Waals surface area contributed by atoms with Crippen LogP contribution < -0.4 is 0 Å². The van der Waals surface area contributed by atoms with E-state index < -0.39 is 0 Å². The Morgan fingerprint density at radius 2 is 1.94 bits per heavy atom. The van der Waals surface area contributed by atoms with E-state index in [0.717, 1.165) is 17.4 Å². The highest BCUT2D eigenvalue weighted by Gasteiger charge is 2.19. The second kappa shape index (κ2) is 4.53. The molecule has 1 aromatic carbocycles. The summed E-state index contributed by atoms with van der Waals surface area (Å²) in [5.74, 6) is -0.0352. The van der Waals surface area contributed by atoms with Crippen molar-refractivity contribution in [3.05, 3.63) is 35.6 Å². The number of Topliss-reactive ketones (excluding diaryl/α,β-unsaturated/α-hetero) is 2. The van der Waals surface area contributed by atoms with Crippen molar-refractivity contribution in [2.45, 2.75) is 26.7 Å². The van der Waals surface area contributed by atoms with Crippen LogP contribution in [0, 0.1) is 0 Å². The summed E-state index contributed by atoms with van der Waals surface area (Å²) in [7, 11) is 0. The number of ketones is 2. The van der Waals surface area contributed by atoms with Crippen LogP contribution in [0.25, 0.3) is 11.0 Å². The molecule has 0 radical (unpaired) electrons. The number of para-hydroxylation sites is 1. The molecule has 0 aliphatic heterocycles. The van der Waals surface area contributed by atoms with Crippen LogP contribution in [0.4, 0.5) is 0 Å². The highest BCUT2D eigenvalue weighted by Crippen LogP contribution is 2.27. The maximum atomic E-state index is 11.9. The number of aryl methyl sites for hydroxylation is 1. The van der Waals surface area contributed by atoms with E-state index in [9.17, 15) is 9.59 Å². The van der Waals surface area contributed by atoms with Crippen molar-refractivity contribution in [3.8, 4) is 0 Å². The fraction of sp³-hybridized carbons (Fsp3) is 0.286. The molecule has 0 N–H and O–H groups in total. The molecule has 0 amide bonds. The maximum Gasteiger partial charge on any atom is 0.205 e. The zero-order chi connectivity index (χ0) is 12.4. The molecule has 1 heterocycles. The van der Waals surface area contributed by atoms with Crippen molar-refractivity contribution in [2.24, 2.45) is 0 Å². The third kappa shape index (κ3) is 2.13. The molecule has 2 rings (SSSR count). The lowest BCUT2D eigenvalue weighted by molar-refractivity contribution is -0.116. The summed E-state index contributed by atoms with van der Waals surface area (Å²) in [5.41, 5.74) is 1.60. The van der Waals surface area contributed by atoms with Crippen LogP contribution in [0.15, 0.2) is 28.7 Å². The summed E-state index contributed by atoms with van der Waals surface area (Å²) in [6, 6.07) is 7.54. The molecule has 0 aliphatic carbocycles. The first-order chi connectivity index (χ1) is 8.13. The van der Waals surface area contributed by atoms with E-state index in [1.807, 2.05) is 31.2 Å². The summed E-state index contributed by atoms with van der Waals surface area (Å²) < 4.78 is 5.55. The Morgan fingerprint density at radius 1 is 1.24 bits per heavy atom. The first kappa shape index (κ1) is 11.6. The molecule has 0 unspecified atom stereocenters. The van der Waals surface area contributed by atoms with Gasteiger partial charge in [-0.3, -0.25) is 9.59 Å². The number of hydrogen-bond acceptors (Lipinski definition) is 3. The molecular formula is C14H14O3. The van der Waals surface area contributed by atoms with Gasteiger partial charge in [-0.05, 0) is 19.4 Å². The van der Waals surface area contributed by atoms with Crippen LogP contribution in [0.1, 0.15) is 36.4 Å². The van der Waals surface area contributed by atoms with Gasteiger partial charge in [-0.15, -0.1) is 0 Å². The Hall–Kier alpha value is -1.90. The Bertz CT molecular complexity index is 578. The van der Waals surface area contributed by atoms with Crippen molar-refractivity contribution in [3.63, 3.8) is 0 Å². The second-order valence-electron chi connectivity index (χ2n) is 4.06. The largest absolute Gasteiger partial charge is 0.453 e. The van der Waals surface area contributed by atoms with Crippen molar-refractivity contribution < 1.29 is 14.0 Å². The van der Waals surface area contributed by atoms with Gasteiger partial charge < -0.3 is 4.42 Å². The van der Waals surface area contributed by atoms with Crippen molar-refractivity contribution in [1.82, 2.24) is 0 Å². The number of hydrogen-bond donors (Lipinski definition) is 0. The lowest BCUT2D eigenvalue weighted by Crippen LogP contribution is -2.05. The van der Waals surface area contributed by atoms with Crippen LogP contribution >= 0.6 is 0 Å². The van der Waals surface area contributed by atoms with Crippen LogP contribution in [0.2, 0.25) is 0 Å². The third-order valence-electron chi connectivity index (χ3n) is 2.71. The van der Waals surface area contributed by atoms with E-state index >= 15 is 0 Å². The van der Waals surface area contributed by atoms with Gasteiger partial charge in [0.05, 0.1) is 6.42 Å². The lowest BCUT2D eigenvalue weighted by Gasteiger charge is -1.97. The minimum absolute atomic E-state index is 0.0905. The number of carbonyl (C=O) groups is 2. The van der Waals surface area contributed by atoms with Gasteiger partial charge >= 0.3 is 0 Å². The minimum Gasteiger partial charge on any atom is -0.453 e. The highest BCUT2D eigenvalue weighted by atomic mass is 16.3. The van der Waals surface area contributed by atoms with Gasteiger partial charge in [0.1, 0.15) is 11.4 Å². The molecule has 0 bridgehead atoms. The van der Waals surface area contributed by atoms with Gasteiger partial charge in [-0.1, -0.05) is 25.1 Å². The van der Waals surface area contributed by atoms with E-state index in [1.54, 1.807) is 0 Å². The van der Waals surface area contributed by atoms with E-state index in [0.29, 0.717) is 11.3 Å². The van der Waals surface area contributed by atoms with E-state index in [1.165, 1.54) is 6.92 Å². The molecule has 17 heavy (non-hydrogen) atoms. The van der Waals surface area contributed by atoms with Gasteiger partial charge in [0, 0.05) is 10.9 Å². The zero-order valence-corrected chi connectivity index (χ0v) is 9.95. The van der Waals surface area contributed by atoms with Crippen molar-refractivity contribution in [1.29, 1.82) is 0 Å². The lowest BCUT2D eigenvalue weighted by atomic mass is 10.0. The van der Waals surface area contributed by atoms with Gasteiger partial charge in [0.15, 0.2) is 5.76 Å². The van der Waals surface area contributed by atoms with Crippen LogP contribution in [0.5, 0.6) is 0 Å². The summed E-state index contributed by atoms with van der Waals surface area (Å²) in [6.45, 7) is 3.38. The predicted octanol–water partition coefficient (Wildman–Crippen LogP) is 3.16. The Labute approximate surface area is 99.4 Å². The van der Waals surface area contributed by atoms with Gasteiger partial charge in [-0.25, -0.2) is 0 Å². The zero-order valence-electron chi connectivity index (χ0n) is 9.95. The van der Waals surface area contributed by atoms with Crippen molar-refractivity contribution in [2.75, 3.05) is 0 Å². The number of furan rings is 1. The third-order valence-corrected chi connectivity index (χ3v) is 2.71. The first-order valence-electron chi connectivity index (χ1n) is 5.66. The maximum absolute atomic E-state index is 11.9. The van der Waals surface area contributed by atoms with Crippen LogP contribution in [-0.2, 0) is 11.2 Å². The molecule has 0 fully saturated rings. The molecule has 1 aromatic heterocycles. The van der Waals surface area contributed by atoms with Crippen LogP contribution in [0.3, 0.4) is 0 Å². The summed E-state index contributed by atoms with van der Waals surface area (Å²) in [6.07, 6.45) is 0.628. The number of benzene rings is 1. The molecule has 88 valence electrons. The van der Waals surface area contributed by atoms with Gasteiger partial charge in [0.2, 0.25) is 5.78 Å². The average Bonchev–Trinajstić information content (AvgIpc) is 2.66. The summed E-state index contributed by atoms with van der Waals surface area (Å²) in [4.78, 5) is 22.9. The summed E-state index contributed by atoms with van der Waals surface area (Å²) >= 11 is 0. The second-order valence-corrected chi connectivity index (χ2v) is 4.06. The Morgan fingerprint density at radius 3 is 2.59 bits per heavy atom. The molecular weight excluding hydrogens is 216 g/mol. The minimum atomic E-state index is -0.231. The fourth-order valence-corrected chi connectivity index (χ4v) is 1.98.